The van der Waals surface area contributed by atoms with Crippen molar-refractivity contribution in [2.24, 2.45) is 11.3 Å². The summed E-state index contributed by atoms with van der Waals surface area (Å²) in [6.45, 7) is 12.7. The lowest BCUT2D eigenvalue weighted by Gasteiger charge is -2.36. The number of esters is 1. The number of fused-ring (bicyclic) bond motifs is 6. The van der Waals surface area contributed by atoms with Gasteiger partial charge in [0.05, 0.1) is 12.3 Å². The Kier molecular flexibility index (Phi) is 16.9. The minimum absolute atomic E-state index is 0.000446. The zero-order valence-electron chi connectivity index (χ0n) is 43.8. The van der Waals surface area contributed by atoms with Gasteiger partial charge in [0.15, 0.2) is 0 Å². The molecule has 5 aromatic rings. The average Bonchev–Trinajstić information content (AvgIpc) is 3.63. The number of nitrogens with one attached hydrogen (secondary N) is 3. The molecule has 4 N–H and O–H groups in total. The maximum atomic E-state index is 14.8. The number of phenolic OH excluding ortho intramolecular Hbond substituents is 1. The van der Waals surface area contributed by atoms with Gasteiger partial charge in [-0.1, -0.05) is 64.1 Å². The highest BCUT2D eigenvalue weighted by atomic mass is 16.5. The van der Waals surface area contributed by atoms with E-state index < -0.39 is 47.2 Å². The summed E-state index contributed by atoms with van der Waals surface area (Å²) in [6.07, 6.45) is 2.62. The number of aryl methyl sites for hydroxylation is 1. The minimum atomic E-state index is -1.17. The van der Waals surface area contributed by atoms with E-state index in [4.69, 9.17) is 4.74 Å². The molecule has 0 saturated carbocycles. The lowest BCUT2D eigenvalue weighted by Crippen LogP contribution is -2.62. The molecule has 6 bridgehead atoms. The molecule has 0 spiro atoms. The molecule has 0 unspecified atom stereocenters. The number of rotatable bonds is 14. The van der Waals surface area contributed by atoms with E-state index >= 15 is 0 Å². The van der Waals surface area contributed by atoms with Crippen LogP contribution in [0, 0.1) is 11.3 Å². The van der Waals surface area contributed by atoms with Crippen LogP contribution in [0.3, 0.4) is 0 Å². The average molecular weight is 983 g/mol. The number of hydrogen-bond acceptors (Lipinski definition) is 10. The van der Waals surface area contributed by atoms with Gasteiger partial charge >= 0.3 is 5.97 Å². The highest BCUT2D eigenvalue weighted by Crippen LogP contribution is 2.42. The van der Waals surface area contributed by atoms with Crippen molar-refractivity contribution < 1.29 is 33.8 Å². The van der Waals surface area contributed by atoms with Gasteiger partial charge in [-0.25, -0.2) is 5.43 Å². The van der Waals surface area contributed by atoms with Gasteiger partial charge in [0.2, 0.25) is 11.8 Å². The number of hydrogen-bond donors (Lipinski definition) is 4. The largest absolute Gasteiger partial charge is 0.508 e. The Morgan fingerprint density at radius 1 is 0.917 bits per heavy atom. The first-order chi connectivity index (χ1) is 34.2. The molecule has 3 heterocycles. The van der Waals surface area contributed by atoms with Crippen LogP contribution in [0.2, 0.25) is 0 Å². The van der Waals surface area contributed by atoms with E-state index in [0.29, 0.717) is 55.5 Å². The second-order valence-electron chi connectivity index (χ2n) is 21.3. The molecule has 15 nitrogen and oxygen atoms in total. The zero-order valence-corrected chi connectivity index (χ0v) is 43.8. The highest BCUT2D eigenvalue weighted by Gasteiger charge is 2.38. The van der Waals surface area contributed by atoms with Crippen molar-refractivity contribution in [3.63, 3.8) is 0 Å². The van der Waals surface area contributed by atoms with E-state index in [1.54, 1.807) is 43.4 Å². The molecule has 1 aromatic heterocycles. The van der Waals surface area contributed by atoms with E-state index in [0.717, 1.165) is 51.9 Å². The predicted octanol–water partition coefficient (Wildman–Crippen LogP) is 7.49. The number of carbonyl (C=O) groups is 5. The van der Waals surface area contributed by atoms with Gasteiger partial charge in [-0.3, -0.25) is 29.0 Å². The Morgan fingerprint density at radius 3 is 2.35 bits per heavy atom. The topological polar surface area (TPSA) is 169 Å². The number of hydrazine groups is 1. The zero-order chi connectivity index (χ0) is 52.0. The molecule has 2 aliphatic heterocycles. The van der Waals surface area contributed by atoms with E-state index in [1.807, 2.05) is 38.9 Å². The number of likely N-dealkylation sites (N-methyl/N-ethyl adjacent to an activating group) is 1. The van der Waals surface area contributed by atoms with Gasteiger partial charge in [-0.2, -0.15) is 0 Å². The Bertz CT molecular complexity index is 2780. The Balaban J connectivity index is 1.24. The molecule has 0 radical (unpaired) electrons. The molecule has 7 rings (SSSR count). The van der Waals surface area contributed by atoms with Crippen LogP contribution in [0.25, 0.3) is 33.3 Å². The van der Waals surface area contributed by atoms with Crippen molar-refractivity contribution in [2.75, 3.05) is 60.3 Å². The summed E-state index contributed by atoms with van der Waals surface area (Å²) in [5, 5.41) is 19.7. The fourth-order valence-corrected chi connectivity index (χ4v) is 10.2. The third-order valence-corrected chi connectivity index (χ3v) is 13.7. The lowest BCUT2D eigenvalue weighted by atomic mass is 9.84. The number of benzene rings is 4. The maximum absolute atomic E-state index is 14.8. The number of anilines is 1. The van der Waals surface area contributed by atoms with Crippen molar-refractivity contribution >= 4 is 46.2 Å². The molecule has 4 aromatic carbocycles. The number of nitrogens with zero attached hydrogens (tertiary/aromatic N) is 5. The predicted molar refractivity (Wildman–Crippen MR) is 283 cm³/mol. The van der Waals surface area contributed by atoms with E-state index in [2.05, 4.69) is 103 Å². The second kappa shape index (κ2) is 22.9. The van der Waals surface area contributed by atoms with Crippen molar-refractivity contribution in [2.45, 2.75) is 104 Å². The third-order valence-electron chi connectivity index (χ3n) is 13.7. The Labute approximate surface area is 424 Å². The van der Waals surface area contributed by atoms with Gasteiger partial charge in [0.1, 0.15) is 23.9 Å². The SMILES string of the molecule is CCn1c(-c2ccccc2CN(C)C)c2c3cc(ccc31)-c1cc(O)cc(c1)C[C@H](NC(=O)[C@H](C(C)C)N(C)C(=O)c1ccc(NC(=O)CCCN(C)C)cc1)C(=O)N1CCC[C@H](N1)C(=O)OCC(C)(C)C2. The monoisotopic (exact) mass is 983 g/mol. The van der Waals surface area contributed by atoms with Gasteiger partial charge in [0, 0.05) is 72.7 Å². The van der Waals surface area contributed by atoms with Crippen LogP contribution in [-0.2, 0) is 49.8 Å². The molecular formula is C57H74N8O7. The molecule has 72 heavy (non-hydrogen) atoms. The van der Waals surface area contributed by atoms with E-state index in [9.17, 15) is 29.1 Å². The third kappa shape index (κ3) is 12.5. The van der Waals surface area contributed by atoms with Crippen LogP contribution in [-0.4, -0.2) is 132 Å². The smallest absolute Gasteiger partial charge is 0.324 e. The summed E-state index contributed by atoms with van der Waals surface area (Å²) < 4.78 is 8.51. The quantitative estimate of drug-likeness (QED) is 0.0819. The summed E-state index contributed by atoms with van der Waals surface area (Å²) in [4.78, 5) is 75.6. The van der Waals surface area contributed by atoms with Gasteiger partial charge in [0.25, 0.3) is 11.8 Å². The Hall–Kier alpha value is -6.55. The fourth-order valence-electron chi connectivity index (χ4n) is 10.2. The number of cyclic esters (lactones) is 1. The number of carbonyl (C=O) groups excluding carboxylic acids is 5. The number of phenols is 1. The summed E-state index contributed by atoms with van der Waals surface area (Å²) in [5.74, 6) is -2.39. The molecule has 15 heteroatoms. The first-order valence-electron chi connectivity index (χ1n) is 25.3. The molecule has 1 fully saturated rings. The highest BCUT2D eigenvalue weighted by molar-refractivity contribution is 6.00. The van der Waals surface area contributed by atoms with Gasteiger partial charge in [-0.15, -0.1) is 0 Å². The molecule has 4 amide bonds. The van der Waals surface area contributed by atoms with Crippen LogP contribution in [0.4, 0.5) is 5.69 Å². The van der Waals surface area contributed by atoms with Crippen molar-refractivity contribution in [1.82, 2.24) is 35.0 Å². The number of aromatic nitrogens is 1. The fraction of sp³-hybridized carbons (Fsp3) is 0.456. The van der Waals surface area contributed by atoms with Crippen LogP contribution in [0.1, 0.15) is 87.4 Å². The van der Waals surface area contributed by atoms with Crippen molar-refractivity contribution in [3.8, 4) is 28.1 Å². The van der Waals surface area contributed by atoms with Crippen molar-refractivity contribution in [1.29, 1.82) is 0 Å². The second-order valence-corrected chi connectivity index (χ2v) is 21.3. The van der Waals surface area contributed by atoms with Crippen LogP contribution in [0.15, 0.2) is 84.9 Å². The van der Waals surface area contributed by atoms with Crippen LogP contribution >= 0.6 is 0 Å². The number of aromatic hydroxyl groups is 1. The normalized spacial score (nSPS) is 17.7. The summed E-state index contributed by atoms with van der Waals surface area (Å²) in [6, 6.07) is 23.7. The standard InChI is InChI=1S/C57H74N8O7/c1-11-64-49-25-22-39-32-45(49)46(52(64)44-17-13-12-16-40(44)34-62(8)9)33-57(4,5)35-72-56(71)47-18-14-27-65(60-47)55(70)48(30-37-28-41(39)31-43(66)29-37)59-53(68)51(36(2)3)63(10)54(69)38-20-23-42(24-21-38)58-50(67)19-15-26-61(6)7/h12-13,16-17,20-25,28-29,31-32,36,47-48,51,60,66H,11,14-15,18-19,26-27,30,33-35H2,1-10H3,(H,58,67)(H,59,68)/t47-,48-,51-/m0/s1. The summed E-state index contributed by atoms with van der Waals surface area (Å²) in [5.41, 5.74) is 11.3. The number of ether oxygens (including phenoxy) is 1. The maximum Gasteiger partial charge on any atom is 0.324 e. The molecule has 0 aliphatic carbocycles. The van der Waals surface area contributed by atoms with E-state index in [-0.39, 0.29) is 37.1 Å². The van der Waals surface area contributed by atoms with E-state index in [1.165, 1.54) is 15.5 Å². The molecule has 3 atom stereocenters. The van der Waals surface area contributed by atoms with Crippen LogP contribution in [0.5, 0.6) is 5.75 Å². The first kappa shape index (κ1) is 53.3. The van der Waals surface area contributed by atoms with Crippen molar-refractivity contribution in [3.05, 3.63) is 107 Å². The minimum Gasteiger partial charge on any atom is -0.508 e. The molecule has 2 aliphatic rings. The van der Waals surface area contributed by atoms with Gasteiger partial charge < -0.3 is 39.7 Å². The molecule has 384 valence electrons. The molecular weight excluding hydrogens is 909 g/mol. The molecule has 1 saturated heterocycles. The van der Waals surface area contributed by atoms with Crippen LogP contribution < -0.4 is 16.1 Å². The summed E-state index contributed by atoms with van der Waals surface area (Å²) in [7, 11) is 9.61. The summed E-state index contributed by atoms with van der Waals surface area (Å²) >= 11 is 0. The van der Waals surface area contributed by atoms with Gasteiger partial charge in [-0.05, 0) is 150 Å². The first-order valence-corrected chi connectivity index (χ1v) is 25.3. The number of amides is 4. The Morgan fingerprint density at radius 2 is 1.65 bits per heavy atom. The lowest BCUT2D eigenvalue weighted by molar-refractivity contribution is -0.155.